The number of carbonyl (C=O) groups excluding carboxylic acids is 1. The van der Waals surface area contributed by atoms with Crippen LogP contribution in [0.5, 0.6) is 5.75 Å². The molecule has 0 spiro atoms. The number of aliphatic hydroxyl groups excluding tert-OH is 1. The summed E-state index contributed by atoms with van der Waals surface area (Å²) in [5, 5.41) is 10.6. The van der Waals surface area contributed by atoms with E-state index in [9.17, 15) is 9.90 Å². The highest BCUT2D eigenvalue weighted by Crippen LogP contribution is 2.22. The summed E-state index contributed by atoms with van der Waals surface area (Å²) in [5.41, 5.74) is 4.31. The number of ketones is 1. The number of halogens is 1. The number of aliphatic hydroxyl groups is 1. The highest BCUT2D eigenvalue weighted by molar-refractivity contribution is 5.98. The quantitative estimate of drug-likeness (QED) is 0.410. The molecule has 0 amide bonds. The fourth-order valence-corrected chi connectivity index (χ4v) is 4.49. The van der Waals surface area contributed by atoms with Crippen LogP contribution in [0.4, 0.5) is 5.69 Å². The molecule has 0 bridgehead atoms. The van der Waals surface area contributed by atoms with Crippen molar-refractivity contribution < 1.29 is 14.6 Å². The molecule has 1 saturated heterocycles. The first-order valence-corrected chi connectivity index (χ1v) is 12.1. The van der Waals surface area contributed by atoms with E-state index in [1.807, 2.05) is 48.5 Å². The number of nitrogens with zero attached hydrogens (tertiary/aromatic N) is 2. The van der Waals surface area contributed by atoms with Crippen molar-refractivity contribution in [2.45, 2.75) is 25.9 Å². The van der Waals surface area contributed by atoms with Crippen LogP contribution < -0.4 is 9.64 Å². The van der Waals surface area contributed by atoms with Gasteiger partial charge in [0, 0.05) is 44.8 Å². The van der Waals surface area contributed by atoms with Gasteiger partial charge in [-0.3, -0.25) is 9.69 Å². The zero-order valence-electron chi connectivity index (χ0n) is 20.3. The number of Topliss-reactive ketones (excluding diaryl/α,β-unsaturated/α-hetero) is 1. The summed E-state index contributed by atoms with van der Waals surface area (Å²) in [7, 11) is 0. The van der Waals surface area contributed by atoms with Crippen LogP contribution >= 0.6 is 12.4 Å². The molecule has 1 fully saturated rings. The lowest BCUT2D eigenvalue weighted by atomic mass is 10.0. The van der Waals surface area contributed by atoms with Crippen molar-refractivity contribution in [2.75, 3.05) is 44.2 Å². The number of ether oxygens (including phenoxy) is 1. The fourth-order valence-electron chi connectivity index (χ4n) is 4.49. The normalized spacial score (nSPS) is 14.7. The topological polar surface area (TPSA) is 53.0 Å². The van der Waals surface area contributed by atoms with Crippen molar-refractivity contribution in [1.82, 2.24) is 4.90 Å². The molecule has 0 aromatic heterocycles. The number of anilines is 1. The predicted molar refractivity (Wildman–Crippen MR) is 144 cm³/mol. The van der Waals surface area contributed by atoms with Crippen LogP contribution in [0.1, 0.15) is 27.9 Å². The number of aryl methyl sites for hydroxylation is 2. The van der Waals surface area contributed by atoms with E-state index in [0.29, 0.717) is 30.7 Å². The van der Waals surface area contributed by atoms with Crippen LogP contribution in [-0.2, 0) is 6.42 Å². The molecule has 4 rings (SSSR count). The lowest BCUT2D eigenvalue weighted by Crippen LogP contribution is -2.49. The zero-order chi connectivity index (χ0) is 23.8. The Balaban J connectivity index is 0.00000342. The molecule has 0 saturated carbocycles. The fraction of sp³-hybridized carbons (Fsp3) is 0.345. The molecule has 0 radical (unpaired) electrons. The van der Waals surface area contributed by atoms with Gasteiger partial charge >= 0.3 is 0 Å². The van der Waals surface area contributed by atoms with E-state index < -0.39 is 6.10 Å². The summed E-state index contributed by atoms with van der Waals surface area (Å²) in [6.07, 6.45) is 0.515. The van der Waals surface area contributed by atoms with Gasteiger partial charge in [-0.25, -0.2) is 0 Å². The van der Waals surface area contributed by atoms with Gasteiger partial charge in [0.1, 0.15) is 18.5 Å². The van der Waals surface area contributed by atoms with Crippen LogP contribution in [-0.4, -0.2) is 61.2 Å². The number of piperazine rings is 1. The van der Waals surface area contributed by atoms with E-state index >= 15 is 0 Å². The first kappa shape index (κ1) is 26.7. The number of β-amino-alcohol motifs (C(OH)–C–C–N with tert-alkyl or cyclic N) is 1. The molecular formula is C29H35ClN2O3. The maximum Gasteiger partial charge on any atom is 0.166 e. The number of carbonyl (C=O) groups is 1. The third-order valence-corrected chi connectivity index (χ3v) is 6.40. The lowest BCUT2D eigenvalue weighted by molar-refractivity contribution is 0.0655. The number of hydrogen-bond donors (Lipinski definition) is 1. The van der Waals surface area contributed by atoms with E-state index in [-0.39, 0.29) is 24.8 Å². The summed E-state index contributed by atoms with van der Waals surface area (Å²) in [4.78, 5) is 17.5. The Morgan fingerprint density at radius 3 is 2.31 bits per heavy atom. The second kappa shape index (κ2) is 13.3. The van der Waals surface area contributed by atoms with E-state index in [4.69, 9.17) is 4.74 Å². The molecular weight excluding hydrogens is 460 g/mol. The van der Waals surface area contributed by atoms with Crippen LogP contribution in [0, 0.1) is 6.92 Å². The van der Waals surface area contributed by atoms with E-state index in [1.165, 1.54) is 11.3 Å². The Morgan fingerprint density at radius 2 is 1.57 bits per heavy atom. The monoisotopic (exact) mass is 494 g/mol. The van der Waals surface area contributed by atoms with Gasteiger partial charge in [-0.1, -0.05) is 60.7 Å². The van der Waals surface area contributed by atoms with Gasteiger partial charge in [0.25, 0.3) is 0 Å². The molecule has 3 aromatic carbocycles. The highest BCUT2D eigenvalue weighted by atomic mass is 35.5. The van der Waals surface area contributed by atoms with Crippen molar-refractivity contribution in [1.29, 1.82) is 0 Å². The Kier molecular flexibility index (Phi) is 10.2. The minimum absolute atomic E-state index is 0. The van der Waals surface area contributed by atoms with E-state index in [2.05, 4.69) is 41.0 Å². The van der Waals surface area contributed by atoms with Crippen LogP contribution in [0.2, 0.25) is 0 Å². The maximum atomic E-state index is 12.8. The summed E-state index contributed by atoms with van der Waals surface area (Å²) in [5.74, 6) is 0.602. The molecule has 1 N–H and O–H groups in total. The van der Waals surface area contributed by atoms with Gasteiger partial charge in [-0.2, -0.15) is 0 Å². The summed E-state index contributed by atoms with van der Waals surface area (Å²) < 4.78 is 5.91. The molecule has 1 aliphatic rings. The van der Waals surface area contributed by atoms with Gasteiger partial charge in [0.15, 0.2) is 5.78 Å². The lowest BCUT2D eigenvalue weighted by Gasteiger charge is -2.37. The van der Waals surface area contributed by atoms with Gasteiger partial charge in [-0.05, 0) is 42.7 Å². The van der Waals surface area contributed by atoms with Gasteiger partial charge < -0.3 is 14.7 Å². The minimum atomic E-state index is -0.613. The molecule has 1 atom stereocenters. The number of hydrogen-bond acceptors (Lipinski definition) is 5. The van der Waals surface area contributed by atoms with Crippen molar-refractivity contribution in [2.24, 2.45) is 0 Å². The zero-order valence-corrected chi connectivity index (χ0v) is 21.1. The van der Waals surface area contributed by atoms with Crippen molar-refractivity contribution in [3.63, 3.8) is 0 Å². The summed E-state index contributed by atoms with van der Waals surface area (Å²) in [6.45, 7) is 6.56. The van der Waals surface area contributed by atoms with Crippen LogP contribution in [0.25, 0.3) is 0 Å². The number of benzene rings is 3. The van der Waals surface area contributed by atoms with Crippen molar-refractivity contribution in [3.8, 4) is 5.75 Å². The molecule has 3 aromatic rings. The number of para-hydroxylation sites is 2. The Labute approximate surface area is 214 Å². The molecule has 1 aliphatic heterocycles. The molecule has 1 heterocycles. The average Bonchev–Trinajstić information content (AvgIpc) is 2.88. The SMILES string of the molecule is Cc1ccccc1N1CCN(CC(O)COc2ccccc2C(=O)CCc2ccccc2)CC1.Cl. The van der Waals surface area contributed by atoms with Gasteiger partial charge in [0.2, 0.25) is 0 Å². The van der Waals surface area contributed by atoms with Gasteiger partial charge in [-0.15, -0.1) is 12.4 Å². The predicted octanol–water partition coefficient (Wildman–Crippen LogP) is 4.79. The van der Waals surface area contributed by atoms with Crippen LogP contribution in [0.15, 0.2) is 78.9 Å². The molecule has 0 aliphatic carbocycles. The third-order valence-electron chi connectivity index (χ3n) is 6.40. The largest absolute Gasteiger partial charge is 0.490 e. The Hall–Kier alpha value is -2.86. The standard InChI is InChI=1S/C29H34N2O3.ClH/c1-23-9-5-7-13-27(23)31-19-17-30(18-20-31)21-25(32)22-34-29-14-8-6-12-26(29)28(33)16-15-24-10-3-2-4-11-24;/h2-14,25,32H,15-22H2,1H3;1H. The highest BCUT2D eigenvalue weighted by Gasteiger charge is 2.21. The Morgan fingerprint density at radius 1 is 0.914 bits per heavy atom. The smallest absolute Gasteiger partial charge is 0.166 e. The minimum Gasteiger partial charge on any atom is -0.490 e. The summed E-state index contributed by atoms with van der Waals surface area (Å²) >= 11 is 0. The molecule has 35 heavy (non-hydrogen) atoms. The molecule has 6 heteroatoms. The van der Waals surface area contributed by atoms with Crippen molar-refractivity contribution >= 4 is 23.9 Å². The molecule has 5 nitrogen and oxygen atoms in total. The number of rotatable bonds is 10. The Bertz CT molecular complexity index is 1070. The maximum absolute atomic E-state index is 12.8. The third kappa shape index (κ3) is 7.56. The van der Waals surface area contributed by atoms with Crippen molar-refractivity contribution in [3.05, 3.63) is 95.6 Å². The molecule has 1 unspecified atom stereocenters. The first-order valence-electron chi connectivity index (χ1n) is 12.1. The van der Waals surface area contributed by atoms with E-state index in [0.717, 1.165) is 31.7 Å². The molecule has 186 valence electrons. The van der Waals surface area contributed by atoms with Gasteiger partial charge in [0.05, 0.1) is 5.56 Å². The van der Waals surface area contributed by atoms with E-state index in [1.54, 1.807) is 6.07 Å². The summed E-state index contributed by atoms with van der Waals surface area (Å²) in [6, 6.07) is 25.8. The van der Waals surface area contributed by atoms with Crippen LogP contribution in [0.3, 0.4) is 0 Å². The second-order valence-electron chi connectivity index (χ2n) is 8.94. The average molecular weight is 495 g/mol. The first-order chi connectivity index (χ1) is 16.6. The second-order valence-corrected chi connectivity index (χ2v) is 8.94.